The van der Waals surface area contributed by atoms with Gasteiger partial charge in [-0.1, -0.05) is 0 Å². The van der Waals surface area contributed by atoms with Crippen molar-refractivity contribution in [2.45, 2.75) is 19.3 Å². The highest BCUT2D eigenvalue weighted by Gasteiger charge is 2.35. The lowest BCUT2D eigenvalue weighted by atomic mass is 10.2. The molecule has 0 N–H and O–H groups in total. The molecule has 5 heteroatoms. The molecule has 82 valence electrons. The molecule has 2 aliphatic rings. The Morgan fingerprint density at radius 3 is 2.43 bits per heavy atom. The van der Waals surface area contributed by atoms with Crippen molar-refractivity contribution in [1.82, 2.24) is 4.31 Å². The lowest BCUT2D eigenvalue weighted by molar-refractivity contribution is 0.463. The van der Waals surface area contributed by atoms with E-state index in [-0.39, 0.29) is 0 Å². The van der Waals surface area contributed by atoms with Crippen LogP contribution in [0.4, 0.5) is 0 Å². The molecule has 0 aromatic carbocycles. The number of hydrogen-bond acceptors (Lipinski definition) is 2. The van der Waals surface area contributed by atoms with Gasteiger partial charge in [0.25, 0.3) is 0 Å². The minimum Gasteiger partial charge on any atom is -0.212 e. The molecule has 0 bridgehead atoms. The summed E-state index contributed by atoms with van der Waals surface area (Å²) < 4.78 is 25.3. The van der Waals surface area contributed by atoms with Crippen LogP contribution in [0.5, 0.6) is 0 Å². The van der Waals surface area contributed by atoms with Gasteiger partial charge in [-0.2, -0.15) is 0 Å². The summed E-state index contributed by atoms with van der Waals surface area (Å²) in [5.74, 6) is 1.75. The first-order chi connectivity index (χ1) is 6.62. The molecule has 1 aliphatic heterocycles. The fourth-order valence-corrected chi connectivity index (χ4v) is 4.08. The third-order valence-corrected chi connectivity index (χ3v) is 5.45. The second kappa shape index (κ2) is 3.99. The van der Waals surface area contributed by atoms with E-state index >= 15 is 0 Å². The highest BCUT2D eigenvalue weighted by Crippen LogP contribution is 2.32. The van der Waals surface area contributed by atoms with E-state index in [4.69, 9.17) is 11.6 Å². The maximum Gasteiger partial charge on any atom is 0.214 e. The molecule has 1 heterocycles. The zero-order valence-electron chi connectivity index (χ0n) is 8.15. The van der Waals surface area contributed by atoms with Gasteiger partial charge < -0.3 is 0 Å². The third kappa shape index (κ3) is 2.41. The van der Waals surface area contributed by atoms with Gasteiger partial charge in [0.15, 0.2) is 0 Å². The monoisotopic (exact) mass is 237 g/mol. The standard InChI is InChI=1S/C9H16ClNO2S/c10-5-9-3-4-11(6-9)14(12,13)7-8-1-2-8/h8-9H,1-7H2. The van der Waals surface area contributed by atoms with E-state index in [0.717, 1.165) is 19.3 Å². The fourth-order valence-electron chi connectivity index (χ4n) is 1.86. The van der Waals surface area contributed by atoms with Crippen LogP contribution in [0.2, 0.25) is 0 Å². The van der Waals surface area contributed by atoms with Crippen molar-refractivity contribution < 1.29 is 8.42 Å². The van der Waals surface area contributed by atoms with E-state index in [1.165, 1.54) is 0 Å². The van der Waals surface area contributed by atoms with Gasteiger partial charge in [-0.3, -0.25) is 0 Å². The molecule has 0 aromatic rings. The maximum atomic E-state index is 11.8. The molecule has 0 amide bonds. The number of sulfonamides is 1. The Hall–Kier alpha value is 0.200. The topological polar surface area (TPSA) is 37.4 Å². The van der Waals surface area contributed by atoms with Crippen molar-refractivity contribution in [3.05, 3.63) is 0 Å². The van der Waals surface area contributed by atoms with Gasteiger partial charge in [0.2, 0.25) is 10.0 Å². The number of hydrogen-bond donors (Lipinski definition) is 0. The predicted molar refractivity (Wildman–Crippen MR) is 56.9 cm³/mol. The average Bonchev–Trinajstić information content (AvgIpc) is 2.81. The highest BCUT2D eigenvalue weighted by molar-refractivity contribution is 7.89. The second-order valence-corrected chi connectivity index (χ2v) is 6.71. The normalized spacial score (nSPS) is 29.6. The molecule has 1 atom stereocenters. The Balaban J connectivity index is 1.93. The molecule has 0 spiro atoms. The van der Waals surface area contributed by atoms with Gasteiger partial charge >= 0.3 is 0 Å². The van der Waals surface area contributed by atoms with Gasteiger partial charge in [-0.05, 0) is 31.1 Å². The number of rotatable bonds is 4. The molecule has 1 unspecified atom stereocenters. The largest absolute Gasteiger partial charge is 0.214 e. The number of alkyl halides is 1. The third-order valence-electron chi connectivity index (χ3n) is 3.00. The van der Waals surface area contributed by atoms with Crippen LogP contribution < -0.4 is 0 Å². The summed E-state index contributed by atoms with van der Waals surface area (Å²) in [5.41, 5.74) is 0. The maximum absolute atomic E-state index is 11.8. The highest BCUT2D eigenvalue weighted by atomic mass is 35.5. The zero-order valence-corrected chi connectivity index (χ0v) is 9.73. The molecule has 0 radical (unpaired) electrons. The SMILES string of the molecule is O=S(=O)(CC1CC1)N1CCC(CCl)C1. The second-order valence-electron chi connectivity index (χ2n) is 4.39. The molecular weight excluding hydrogens is 222 g/mol. The van der Waals surface area contributed by atoms with Crippen LogP contribution in [0.1, 0.15) is 19.3 Å². The Morgan fingerprint density at radius 1 is 1.21 bits per heavy atom. The molecule has 3 nitrogen and oxygen atoms in total. The molecular formula is C9H16ClNO2S. The smallest absolute Gasteiger partial charge is 0.212 e. The Bertz CT molecular complexity index is 300. The van der Waals surface area contributed by atoms with Gasteiger partial charge in [0.1, 0.15) is 0 Å². The van der Waals surface area contributed by atoms with Crippen LogP contribution in [0.25, 0.3) is 0 Å². The average molecular weight is 238 g/mol. The summed E-state index contributed by atoms with van der Waals surface area (Å²) >= 11 is 5.72. The van der Waals surface area contributed by atoms with Crippen LogP contribution in [0.3, 0.4) is 0 Å². The summed E-state index contributed by atoms with van der Waals surface area (Å²) in [4.78, 5) is 0. The molecule has 1 saturated heterocycles. The molecule has 1 saturated carbocycles. The van der Waals surface area contributed by atoms with Crippen LogP contribution >= 0.6 is 11.6 Å². The Labute approximate surface area is 90.5 Å². The zero-order chi connectivity index (χ0) is 10.2. The van der Waals surface area contributed by atoms with Crippen molar-refractivity contribution in [1.29, 1.82) is 0 Å². The number of nitrogens with zero attached hydrogens (tertiary/aromatic N) is 1. The van der Waals surface area contributed by atoms with E-state index < -0.39 is 10.0 Å². The van der Waals surface area contributed by atoms with E-state index in [1.807, 2.05) is 0 Å². The summed E-state index contributed by atoms with van der Waals surface area (Å²) in [6, 6.07) is 0. The van der Waals surface area contributed by atoms with E-state index in [2.05, 4.69) is 0 Å². The van der Waals surface area contributed by atoms with Crippen LogP contribution in [-0.4, -0.2) is 37.4 Å². The molecule has 2 fully saturated rings. The first kappa shape index (κ1) is 10.7. The van der Waals surface area contributed by atoms with Gasteiger partial charge in [0, 0.05) is 19.0 Å². The van der Waals surface area contributed by atoms with Crippen molar-refractivity contribution in [2.75, 3.05) is 24.7 Å². The van der Waals surface area contributed by atoms with Crippen molar-refractivity contribution in [2.24, 2.45) is 11.8 Å². The minimum absolute atomic E-state index is 0.363. The summed E-state index contributed by atoms with van der Waals surface area (Å²) in [6.45, 7) is 1.31. The number of halogens is 1. The summed E-state index contributed by atoms with van der Waals surface area (Å²) in [7, 11) is -2.97. The quantitative estimate of drug-likeness (QED) is 0.691. The van der Waals surface area contributed by atoms with Crippen molar-refractivity contribution in [3.8, 4) is 0 Å². The van der Waals surface area contributed by atoms with Crippen LogP contribution in [0, 0.1) is 11.8 Å². The lowest BCUT2D eigenvalue weighted by Gasteiger charge is -2.15. The lowest BCUT2D eigenvalue weighted by Crippen LogP contribution is -2.31. The minimum atomic E-state index is -2.97. The fraction of sp³-hybridized carbons (Fsp3) is 1.00. The van der Waals surface area contributed by atoms with E-state index in [1.54, 1.807) is 4.31 Å². The van der Waals surface area contributed by atoms with E-state index in [9.17, 15) is 8.42 Å². The van der Waals surface area contributed by atoms with E-state index in [0.29, 0.717) is 36.6 Å². The van der Waals surface area contributed by atoms with Crippen molar-refractivity contribution in [3.63, 3.8) is 0 Å². The van der Waals surface area contributed by atoms with Gasteiger partial charge in [-0.15, -0.1) is 11.6 Å². The Kier molecular flexibility index (Phi) is 3.05. The molecule has 1 aliphatic carbocycles. The molecule has 0 aromatic heterocycles. The first-order valence-corrected chi connectivity index (χ1v) is 7.30. The molecule has 14 heavy (non-hydrogen) atoms. The summed E-state index contributed by atoms with van der Waals surface area (Å²) in [5, 5.41) is 0. The van der Waals surface area contributed by atoms with Gasteiger partial charge in [0.05, 0.1) is 5.75 Å². The van der Waals surface area contributed by atoms with Crippen molar-refractivity contribution >= 4 is 21.6 Å². The molecule has 2 rings (SSSR count). The van der Waals surface area contributed by atoms with Crippen LogP contribution in [-0.2, 0) is 10.0 Å². The van der Waals surface area contributed by atoms with Crippen LogP contribution in [0.15, 0.2) is 0 Å². The predicted octanol–water partition coefficient (Wildman–Crippen LogP) is 1.29. The Morgan fingerprint density at radius 2 is 1.93 bits per heavy atom. The summed E-state index contributed by atoms with van der Waals surface area (Å²) in [6.07, 6.45) is 3.10. The first-order valence-electron chi connectivity index (χ1n) is 5.15. The van der Waals surface area contributed by atoms with Gasteiger partial charge in [-0.25, -0.2) is 12.7 Å².